The molecule has 0 radical (unpaired) electrons. The summed E-state index contributed by atoms with van der Waals surface area (Å²) >= 11 is 0. The van der Waals surface area contributed by atoms with Gasteiger partial charge in [0.05, 0.1) is 23.9 Å². The summed E-state index contributed by atoms with van der Waals surface area (Å²) in [7, 11) is -3.36. The molecule has 0 spiro atoms. The largest absolute Gasteiger partial charge is 0.346 e. The molecule has 24 heavy (non-hydrogen) atoms. The molecule has 0 heterocycles. The van der Waals surface area contributed by atoms with E-state index in [9.17, 15) is 13.2 Å². The number of carbonyl (C=O) groups excluding carboxylic acids is 1. The summed E-state index contributed by atoms with van der Waals surface area (Å²) in [6.45, 7) is 1.81. The van der Waals surface area contributed by atoms with Crippen LogP contribution in [0.1, 0.15) is 34.5 Å². The number of nitrogens with one attached hydrogen (secondary N) is 2. The van der Waals surface area contributed by atoms with Crippen LogP contribution in [-0.4, -0.2) is 20.6 Å². The lowest BCUT2D eigenvalue weighted by atomic mass is 10.1. The van der Waals surface area contributed by atoms with Crippen LogP contribution in [-0.2, 0) is 10.0 Å². The van der Waals surface area contributed by atoms with Gasteiger partial charge in [-0.15, -0.1) is 0 Å². The monoisotopic (exact) mass is 343 g/mol. The van der Waals surface area contributed by atoms with E-state index >= 15 is 0 Å². The van der Waals surface area contributed by atoms with Crippen LogP contribution in [0.15, 0.2) is 48.5 Å². The first-order chi connectivity index (χ1) is 11.3. The molecule has 2 aromatic rings. The van der Waals surface area contributed by atoms with E-state index in [1.807, 2.05) is 6.07 Å². The summed E-state index contributed by atoms with van der Waals surface area (Å²) < 4.78 is 25.0. The number of benzene rings is 2. The molecule has 0 saturated heterocycles. The van der Waals surface area contributed by atoms with Crippen LogP contribution in [0.5, 0.6) is 0 Å². The Kier molecular flexibility index (Phi) is 5.21. The molecule has 0 bridgehead atoms. The number of anilines is 1. The lowest BCUT2D eigenvalue weighted by Gasteiger charge is -2.15. The molecule has 1 atom stereocenters. The Balaban J connectivity index is 2.11. The number of hydrogen-bond donors (Lipinski definition) is 2. The maximum Gasteiger partial charge on any atom is 0.251 e. The van der Waals surface area contributed by atoms with Gasteiger partial charge in [0.25, 0.3) is 5.91 Å². The molecule has 0 aromatic heterocycles. The fraction of sp³-hybridized carbons (Fsp3) is 0.176. The molecule has 1 amide bonds. The summed E-state index contributed by atoms with van der Waals surface area (Å²) in [4.78, 5) is 12.2. The average Bonchev–Trinajstić information content (AvgIpc) is 2.53. The zero-order valence-corrected chi connectivity index (χ0v) is 14.1. The number of rotatable bonds is 5. The van der Waals surface area contributed by atoms with Crippen molar-refractivity contribution in [3.05, 3.63) is 65.2 Å². The Morgan fingerprint density at radius 1 is 1.17 bits per heavy atom. The highest BCUT2D eigenvalue weighted by molar-refractivity contribution is 7.92. The minimum atomic E-state index is -3.36. The lowest BCUT2D eigenvalue weighted by Crippen LogP contribution is -2.26. The van der Waals surface area contributed by atoms with Gasteiger partial charge in [0.15, 0.2) is 0 Å². The van der Waals surface area contributed by atoms with Crippen molar-refractivity contribution in [1.82, 2.24) is 5.32 Å². The van der Waals surface area contributed by atoms with Crippen LogP contribution in [0.4, 0.5) is 5.69 Å². The minimum Gasteiger partial charge on any atom is -0.346 e. The fourth-order valence-corrected chi connectivity index (χ4v) is 2.70. The van der Waals surface area contributed by atoms with Crippen molar-refractivity contribution in [2.75, 3.05) is 11.0 Å². The molecular formula is C17H17N3O3S. The Labute approximate surface area is 141 Å². The van der Waals surface area contributed by atoms with Gasteiger partial charge in [-0.05, 0) is 48.9 Å². The number of hydrogen-bond acceptors (Lipinski definition) is 4. The molecule has 2 aromatic carbocycles. The molecule has 0 aliphatic heterocycles. The highest BCUT2D eigenvalue weighted by Gasteiger charge is 2.12. The maximum absolute atomic E-state index is 12.2. The molecule has 124 valence electrons. The molecule has 2 rings (SSSR count). The molecule has 0 unspecified atom stereocenters. The van der Waals surface area contributed by atoms with Crippen LogP contribution in [0.25, 0.3) is 0 Å². The Morgan fingerprint density at radius 2 is 1.83 bits per heavy atom. The first kappa shape index (κ1) is 17.5. The van der Waals surface area contributed by atoms with Crippen molar-refractivity contribution >= 4 is 21.6 Å². The standard InChI is InChI=1S/C17H17N3O3S/c1-12(15-4-3-5-16(10-15)20-24(2,22)23)19-17(21)14-8-6-13(11-18)7-9-14/h3-10,12,20H,1-2H3,(H,19,21)/t12-/m1/s1. The van der Waals surface area contributed by atoms with Crippen LogP contribution in [0.2, 0.25) is 0 Å². The van der Waals surface area contributed by atoms with Gasteiger partial charge in [0, 0.05) is 11.3 Å². The predicted molar refractivity (Wildman–Crippen MR) is 91.9 cm³/mol. The zero-order chi connectivity index (χ0) is 17.7. The maximum atomic E-state index is 12.2. The highest BCUT2D eigenvalue weighted by Crippen LogP contribution is 2.18. The normalized spacial score (nSPS) is 12.0. The Morgan fingerprint density at radius 3 is 2.42 bits per heavy atom. The highest BCUT2D eigenvalue weighted by atomic mass is 32.2. The van der Waals surface area contributed by atoms with Crippen molar-refractivity contribution < 1.29 is 13.2 Å². The second-order valence-corrected chi connectivity index (χ2v) is 7.13. The molecule has 0 fully saturated rings. The van der Waals surface area contributed by atoms with Crippen LogP contribution >= 0.6 is 0 Å². The molecule has 0 aliphatic carbocycles. The minimum absolute atomic E-state index is 0.270. The number of sulfonamides is 1. The van der Waals surface area contributed by atoms with Gasteiger partial charge in [-0.3, -0.25) is 9.52 Å². The van der Waals surface area contributed by atoms with E-state index < -0.39 is 10.0 Å². The van der Waals surface area contributed by atoms with Gasteiger partial charge in [0.2, 0.25) is 10.0 Å². The van der Waals surface area contributed by atoms with E-state index in [4.69, 9.17) is 5.26 Å². The molecule has 7 heteroatoms. The first-order valence-corrected chi connectivity index (χ1v) is 9.06. The van der Waals surface area contributed by atoms with Crippen molar-refractivity contribution in [2.45, 2.75) is 13.0 Å². The fourth-order valence-electron chi connectivity index (χ4n) is 2.15. The Hall–Kier alpha value is -2.85. The molecule has 0 aliphatic rings. The quantitative estimate of drug-likeness (QED) is 0.871. The summed E-state index contributed by atoms with van der Waals surface area (Å²) in [5, 5.41) is 11.6. The second-order valence-electron chi connectivity index (χ2n) is 5.38. The zero-order valence-electron chi connectivity index (χ0n) is 13.3. The summed E-state index contributed by atoms with van der Waals surface area (Å²) in [5.41, 5.74) is 2.14. The van der Waals surface area contributed by atoms with Crippen LogP contribution < -0.4 is 10.0 Å². The van der Waals surface area contributed by atoms with Gasteiger partial charge < -0.3 is 5.32 Å². The van der Waals surface area contributed by atoms with Gasteiger partial charge in [-0.25, -0.2) is 8.42 Å². The first-order valence-electron chi connectivity index (χ1n) is 7.17. The topological polar surface area (TPSA) is 99.1 Å². The van der Waals surface area contributed by atoms with E-state index in [2.05, 4.69) is 10.0 Å². The van der Waals surface area contributed by atoms with E-state index in [1.54, 1.807) is 55.5 Å². The van der Waals surface area contributed by atoms with Crippen molar-refractivity contribution in [3.63, 3.8) is 0 Å². The van der Waals surface area contributed by atoms with Crippen molar-refractivity contribution in [3.8, 4) is 6.07 Å². The van der Waals surface area contributed by atoms with Crippen molar-refractivity contribution in [2.24, 2.45) is 0 Å². The number of carbonyl (C=O) groups is 1. The average molecular weight is 343 g/mol. The Bertz CT molecular complexity index is 884. The number of amides is 1. The summed E-state index contributed by atoms with van der Waals surface area (Å²) in [5.74, 6) is -0.270. The lowest BCUT2D eigenvalue weighted by molar-refractivity contribution is 0.0940. The van der Waals surface area contributed by atoms with Gasteiger partial charge in [-0.2, -0.15) is 5.26 Å². The third-order valence-corrected chi connectivity index (χ3v) is 3.92. The third-order valence-electron chi connectivity index (χ3n) is 3.31. The van der Waals surface area contributed by atoms with E-state index in [1.165, 1.54) is 0 Å². The molecular weight excluding hydrogens is 326 g/mol. The molecule has 0 saturated carbocycles. The van der Waals surface area contributed by atoms with E-state index in [0.29, 0.717) is 16.8 Å². The second kappa shape index (κ2) is 7.15. The van der Waals surface area contributed by atoms with Gasteiger partial charge in [0.1, 0.15) is 0 Å². The van der Waals surface area contributed by atoms with Crippen LogP contribution in [0.3, 0.4) is 0 Å². The third kappa shape index (κ3) is 4.83. The van der Waals surface area contributed by atoms with Crippen molar-refractivity contribution in [1.29, 1.82) is 5.26 Å². The van der Waals surface area contributed by atoms with E-state index in [-0.39, 0.29) is 11.9 Å². The van der Waals surface area contributed by atoms with Crippen LogP contribution in [0, 0.1) is 11.3 Å². The predicted octanol–water partition coefficient (Wildman–Crippen LogP) is 2.42. The SMILES string of the molecule is C[C@@H](NC(=O)c1ccc(C#N)cc1)c1cccc(NS(C)(=O)=O)c1. The van der Waals surface area contributed by atoms with Gasteiger partial charge in [-0.1, -0.05) is 12.1 Å². The number of nitrogens with zero attached hydrogens (tertiary/aromatic N) is 1. The molecule has 2 N–H and O–H groups in total. The van der Waals surface area contributed by atoms with Gasteiger partial charge >= 0.3 is 0 Å². The van der Waals surface area contributed by atoms with E-state index in [0.717, 1.165) is 11.8 Å². The summed E-state index contributed by atoms with van der Waals surface area (Å²) in [6, 6.07) is 14.8. The molecule has 6 nitrogen and oxygen atoms in total. The smallest absolute Gasteiger partial charge is 0.251 e. The summed E-state index contributed by atoms with van der Waals surface area (Å²) in [6.07, 6.45) is 1.08. The number of nitriles is 1.